The molecule has 0 spiro atoms. The van der Waals surface area contributed by atoms with Crippen LogP contribution in [0.4, 0.5) is 0 Å². The van der Waals surface area contributed by atoms with E-state index in [1.54, 1.807) is 30.5 Å². The molecule has 0 aliphatic heterocycles. The van der Waals surface area contributed by atoms with Crippen LogP contribution in [-0.4, -0.2) is 15.9 Å². The molecule has 0 atom stereocenters. The van der Waals surface area contributed by atoms with E-state index in [0.29, 0.717) is 10.8 Å². The number of ether oxygens (including phenoxy) is 1. The molecular weight excluding hydrogens is 252 g/mol. The first-order valence-electron chi connectivity index (χ1n) is 5.36. The first-order chi connectivity index (χ1) is 8.65. The van der Waals surface area contributed by atoms with Crippen LogP contribution in [0.3, 0.4) is 0 Å². The highest BCUT2D eigenvalue weighted by Crippen LogP contribution is 2.08. The Morgan fingerprint density at radius 3 is 2.83 bits per heavy atom. The Bertz CT molecular complexity index is 555. The van der Waals surface area contributed by atoms with E-state index in [2.05, 4.69) is 9.97 Å². The highest BCUT2D eigenvalue weighted by atomic mass is 35.5. The fourth-order valence-electron chi connectivity index (χ4n) is 1.37. The summed E-state index contributed by atoms with van der Waals surface area (Å²) < 4.78 is 5.12. The van der Waals surface area contributed by atoms with Crippen molar-refractivity contribution in [2.24, 2.45) is 0 Å². The Labute approximate surface area is 110 Å². The van der Waals surface area contributed by atoms with Gasteiger partial charge in [0.2, 0.25) is 0 Å². The number of carbonyl (C=O) groups is 1. The van der Waals surface area contributed by atoms with Crippen molar-refractivity contribution in [3.8, 4) is 0 Å². The van der Waals surface area contributed by atoms with Crippen molar-refractivity contribution in [1.29, 1.82) is 0 Å². The van der Waals surface area contributed by atoms with Crippen LogP contribution in [0.2, 0.25) is 5.15 Å². The number of carbonyl (C=O) groups excluding carboxylic acids is 1. The second-order valence-electron chi connectivity index (χ2n) is 3.73. The SMILES string of the molecule is Cc1cccc(C(=O)OCc2ccc(Cl)nc2)n1. The van der Waals surface area contributed by atoms with Gasteiger partial charge in [0.25, 0.3) is 0 Å². The number of halogens is 1. The van der Waals surface area contributed by atoms with Gasteiger partial charge in [-0.05, 0) is 25.1 Å². The number of nitrogens with zero attached hydrogens (tertiary/aromatic N) is 2. The molecule has 0 aromatic carbocycles. The molecule has 0 N–H and O–H groups in total. The molecule has 0 unspecified atom stereocenters. The fraction of sp³-hybridized carbons (Fsp3) is 0.154. The minimum atomic E-state index is -0.450. The number of rotatable bonds is 3. The maximum absolute atomic E-state index is 11.7. The molecule has 0 radical (unpaired) electrons. The van der Waals surface area contributed by atoms with Crippen molar-refractivity contribution >= 4 is 17.6 Å². The number of esters is 1. The molecule has 92 valence electrons. The summed E-state index contributed by atoms with van der Waals surface area (Å²) >= 11 is 5.66. The number of hydrogen-bond acceptors (Lipinski definition) is 4. The Morgan fingerprint density at radius 2 is 2.17 bits per heavy atom. The molecule has 0 amide bonds. The van der Waals surface area contributed by atoms with E-state index in [1.165, 1.54) is 0 Å². The Balaban J connectivity index is 1.98. The second-order valence-corrected chi connectivity index (χ2v) is 4.12. The van der Waals surface area contributed by atoms with Gasteiger partial charge in [0.1, 0.15) is 17.5 Å². The summed E-state index contributed by atoms with van der Waals surface area (Å²) in [6.07, 6.45) is 1.57. The summed E-state index contributed by atoms with van der Waals surface area (Å²) in [6.45, 7) is 1.97. The molecule has 2 aromatic heterocycles. The van der Waals surface area contributed by atoms with Crippen LogP contribution < -0.4 is 0 Å². The van der Waals surface area contributed by atoms with E-state index in [1.807, 2.05) is 13.0 Å². The lowest BCUT2D eigenvalue weighted by Gasteiger charge is -2.04. The number of pyridine rings is 2. The molecule has 5 heteroatoms. The Morgan fingerprint density at radius 1 is 1.33 bits per heavy atom. The molecular formula is C13H11ClN2O2. The van der Waals surface area contributed by atoms with Crippen LogP contribution in [0, 0.1) is 6.92 Å². The zero-order chi connectivity index (χ0) is 13.0. The van der Waals surface area contributed by atoms with E-state index in [9.17, 15) is 4.79 Å². The standard InChI is InChI=1S/C13H11ClN2O2/c1-9-3-2-4-11(16-9)13(17)18-8-10-5-6-12(14)15-7-10/h2-7H,8H2,1H3. The van der Waals surface area contributed by atoms with Gasteiger partial charge in [0.05, 0.1) is 0 Å². The molecule has 0 aliphatic carbocycles. The maximum Gasteiger partial charge on any atom is 0.357 e. The van der Waals surface area contributed by atoms with Gasteiger partial charge in [-0.25, -0.2) is 14.8 Å². The summed E-state index contributed by atoms with van der Waals surface area (Å²) in [6, 6.07) is 8.61. The third-order valence-corrected chi connectivity index (χ3v) is 2.48. The third-order valence-electron chi connectivity index (χ3n) is 2.26. The monoisotopic (exact) mass is 262 g/mol. The van der Waals surface area contributed by atoms with E-state index in [-0.39, 0.29) is 6.61 Å². The van der Waals surface area contributed by atoms with Gasteiger partial charge in [0.15, 0.2) is 0 Å². The molecule has 0 saturated heterocycles. The molecule has 0 bridgehead atoms. The lowest BCUT2D eigenvalue weighted by molar-refractivity contribution is 0.0465. The van der Waals surface area contributed by atoms with Crippen molar-refractivity contribution in [1.82, 2.24) is 9.97 Å². The summed E-state index contributed by atoms with van der Waals surface area (Å²) in [5.41, 5.74) is 1.86. The predicted molar refractivity (Wildman–Crippen MR) is 67.3 cm³/mol. The van der Waals surface area contributed by atoms with Crippen LogP contribution in [0.1, 0.15) is 21.7 Å². The lowest BCUT2D eigenvalue weighted by atomic mass is 10.3. The largest absolute Gasteiger partial charge is 0.456 e. The van der Waals surface area contributed by atoms with Crippen molar-refractivity contribution in [3.05, 3.63) is 58.6 Å². The fourth-order valence-corrected chi connectivity index (χ4v) is 1.48. The molecule has 2 heterocycles. The first-order valence-corrected chi connectivity index (χ1v) is 5.74. The van der Waals surface area contributed by atoms with Gasteiger partial charge in [-0.1, -0.05) is 23.7 Å². The van der Waals surface area contributed by atoms with Crippen molar-refractivity contribution in [3.63, 3.8) is 0 Å². The highest BCUT2D eigenvalue weighted by Gasteiger charge is 2.08. The quantitative estimate of drug-likeness (QED) is 0.630. The van der Waals surface area contributed by atoms with Crippen LogP contribution >= 0.6 is 11.6 Å². The Hall–Kier alpha value is -1.94. The number of hydrogen-bond donors (Lipinski definition) is 0. The van der Waals surface area contributed by atoms with E-state index < -0.39 is 5.97 Å². The summed E-state index contributed by atoms with van der Waals surface area (Å²) in [4.78, 5) is 19.7. The molecule has 18 heavy (non-hydrogen) atoms. The van der Waals surface area contributed by atoms with Gasteiger partial charge in [-0.15, -0.1) is 0 Å². The summed E-state index contributed by atoms with van der Waals surface area (Å²) in [7, 11) is 0. The van der Waals surface area contributed by atoms with Crippen LogP contribution in [0.5, 0.6) is 0 Å². The molecule has 0 aliphatic rings. The molecule has 2 aromatic rings. The molecule has 0 saturated carbocycles. The van der Waals surface area contributed by atoms with Gasteiger partial charge in [-0.2, -0.15) is 0 Å². The lowest BCUT2D eigenvalue weighted by Crippen LogP contribution is -2.08. The molecule has 0 fully saturated rings. The van der Waals surface area contributed by atoms with E-state index in [4.69, 9.17) is 16.3 Å². The van der Waals surface area contributed by atoms with Gasteiger partial charge < -0.3 is 4.74 Å². The highest BCUT2D eigenvalue weighted by molar-refractivity contribution is 6.29. The first kappa shape index (κ1) is 12.5. The van der Waals surface area contributed by atoms with Gasteiger partial charge in [-0.3, -0.25) is 0 Å². The summed E-state index contributed by atoms with van der Waals surface area (Å²) in [5, 5.41) is 0.408. The second kappa shape index (κ2) is 5.60. The third kappa shape index (κ3) is 3.28. The van der Waals surface area contributed by atoms with Crippen molar-refractivity contribution in [2.45, 2.75) is 13.5 Å². The van der Waals surface area contributed by atoms with Gasteiger partial charge >= 0.3 is 5.97 Å². The van der Waals surface area contributed by atoms with Gasteiger partial charge in [0, 0.05) is 17.5 Å². The topological polar surface area (TPSA) is 52.1 Å². The molecule has 4 nitrogen and oxygen atoms in total. The zero-order valence-corrected chi connectivity index (χ0v) is 10.5. The number of aryl methyl sites for hydroxylation is 1. The minimum Gasteiger partial charge on any atom is -0.456 e. The molecule has 2 rings (SSSR count). The predicted octanol–water partition coefficient (Wildman–Crippen LogP) is 2.80. The van der Waals surface area contributed by atoms with Crippen LogP contribution in [0.15, 0.2) is 36.5 Å². The average Bonchev–Trinajstić information content (AvgIpc) is 2.38. The summed E-state index contributed by atoms with van der Waals surface area (Å²) in [5.74, 6) is -0.450. The van der Waals surface area contributed by atoms with Crippen molar-refractivity contribution in [2.75, 3.05) is 0 Å². The van der Waals surface area contributed by atoms with Crippen molar-refractivity contribution < 1.29 is 9.53 Å². The average molecular weight is 263 g/mol. The minimum absolute atomic E-state index is 0.151. The smallest absolute Gasteiger partial charge is 0.357 e. The van der Waals surface area contributed by atoms with Crippen LogP contribution in [-0.2, 0) is 11.3 Å². The zero-order valence-electron chi connectivity index (χ0n) is 9.76. The maximum atomic E-state index is 11.7. The normalized spacial score (nSPS) is 10.1. The Kier molecular flexibility index (Phi) is 3.89. The number of aromatic nitrogens is 2. The van der Waals surface area contributed by atoms with E-state index in [0.717, 1.165) is 11.3 Å². The van der Waals surface area contributed by atoms with Crippen LogP contribution in [0.25, 0.3) is 0 Å². The van der Waals surface area contributed by atoms with E-state index >= 15 is 0 Å².